The monoisotopic (exact) mass is 431 g/mol. The fourth-order valence-corrected chi connectivity index (χ4v) is 4.35. The number of alkyl halides is 3. The molecule has 0 spiro atoms. The molecule has 1 saturated heterocycles. The summed E-state index contributed by atoms with van der Waals surface area (Å²) in [5, 5.41) is 3.74. The van der Waals surface area contributed by atoms with Crippen molar-refractivity contribution < 1.29 is 27.3 Å². The summed E-state index contributed by atoms with van der Waals surface area (Å²) in [5.41, 5.74) is -1.07. The number of pyridine rings is 1. The van der Waals surface area contributed by atoms with E-state index in [9.17, 15) is 22.8 Å². The molecule has 1 fully saturated rings. The summed E-state index contributed by atoms with van der Waals surface area (Å²) in [6, 6.07) is 5.51. The molecule has 0 saturated carbocycles. The Bertz CT molecular complexity index is 1180. The molecule has 5 rings (SSSR count). The van der Waals surface area contributed by atoms with Gasteiger partial charge in [-0.1, -0.05) is 5.16 Å². The van der Waals surface area contributed by atoms with Gasteiger partial charge in [-0.2, -0.15) is 13.2 Å². The van der Waals surface area contributed by atoms with Gasteiger partial charge in [-0.3, -0.25) is 14.6 Å². The molecule has 0 N–H and O–H groups in total. The predicted molar refractivity (Wildman–Crippen MR) is 98.7 cm³/mol. The number of fused-ring (bicyclic) bond motifs is 2. The van der Waals surface area contributed by atoms with Crippen LogP contribution >= 0.6 is 0 Å². The van der Waals surface area contributed by atoms with Crippen LogP contribution in [0, 0.1) is 6.92 Å². The topological polar surface area (TPSA) is 84.5 Å². The highest BCUT2D eigenvalue weighted by atomic mass is 19.4. The van der Waals surface area contributed by atoms with Gasteiger partial charge < -0.3 is 18.9 Å². The molecule has 0 aromatic carbocycles. The SMILES string of the molecule is Cc1nocc1C(=O)N1CCN2C(=O)c3cccn3CC12c1ccc(C(F)(F)F)cn1. The second-order valence-corrected chi connectivity index (χ2v) is 7.50. The maximum Gasteiger partial charge on any atom is 0.417 e. The summed E-state index contributed by atoms with van der Waals surface area (Å²) >= 11 is 0. The van der Waals surface area contributed by atoms with E-state index in [1.165, 1.54) is 22.1 Å². The van der Waals surface area contributed by atoms with Crippen molar-refractivity contribution in [3.63, 3.8) is 0 Å². The Balaban J connectivity index is 1.68. The van der Waals surface area contributed by atoms with Crippen molar-refractivity contribution in [3.05, 3.63) is 71.1 Å². The standard InChI is InChI=1S/C20H16F3N5O3/c1-12-14(10-31-25-12)17(29)27-7-8-28-18(30)15-3-2-6-26(15)11-19(27,28)16-5-4-13(9-24-16)20(21,22)23/h2-6,9-10H,7-8,11H2,1H3. The minimum Gasteiger partial charge on any atom is -0.364 e. The minimum absolute atomic E-state index is 0.134. The van der Waals surface area contributed by atoms with Crippen molar-refractivity contribution in [1.29, 1.82) is 0 Å². The largest absolute Gasteiger partial charge is 0.417 e. The Morgan fingerprint density at radius 1 is 1.23 bits per heavy atom. The molecule has 5 heterocycles. The average molecular weight is 431 g/mol. The van der Waals surface area contributed by atoms with Gasteiger partial charge in [-0.15, -0.1) is 0 Å². The van der Waals surface area contributed by atoms with E-state index in [0.29, 0.717) is 11.4 Å². The number of aryl methyl sites for hydroxylation is 1. The quantitative estimate of drug-likeness (QED) is 0.623. The number of carbonyl (C=O) groups is 2. The molecule has 0 aliphatic carbocycles. The highest BCUT2D eigenvalue weighted by Crippen LogP contribution is 2.43. The summed E-state index contributed by atoms with van der Waals surface area (Å²) in [5.74, 6) is -0.762. The van der Waals surface area contributed by atoms with Gasteiger partial charge in [0.15, 0.2) is 5.66 Å². The van der Waals surface area contributed by atoms with E-state index in [1.54, 1.807) is 29.8 Å². The van der Waals surface area contributed by atoms with Crippen molar-refractivity contribution in [2.45, 2.75) is 25.3 Å². The molecule has 8 nitrogen and oxygen atoms in total. The summed E-state index contributed by atoms with van der Waals surface area (Å²) in [6.07, 6.45) is -0.908. The zero-order chi connectivity index (χ0) is 22.0. The molecule has 3 aromatic heterocycles. The fraction of sp³-hybridized carbons (Fsp3) is 0.300. The normalized spacial score (nSPS) is 20.7. The van der Waals surface area contributed by atoms with Crippen LogP contribution in [0.3, 0.4) is 0 Å². The summed E-state index contributed by atoms with van der Waals surface area (Å²) < 4.78 is 45.9. The number of halogens is 3. The van der Waals surface area contributed by atoms with Crippen molar-refractivity contribution in [3.8, 4) is 0 Å². The van der Waals surface area contributed by atoms with E-state index in [1.807, 2.05) is 0 Å². The number of aromatic nitrogens is 3. The first kappa shape index (κ1) is 19.3. The number of carbonyl (C=O) groups excluding carboxylic acids is 2. The number of hydrogen-bond acceptors (Lipinski definition) is 5. The molecule has 0 bridgehead atoms. The van der Waals surface area contributed by atoms with Gasteiger partial charge in [0, 0.05) is 25.5 Å². The molecule has 1 unspecified atom stereocenters. The number of nitrogens with zero attached hydrogens (tertiary/aromatic N) is 5. The van der Waals surface area contributed by atoms with Gasteiger partial charge in [-0.05, 0) is 31.2 Å². The van der Waals surface area contributed by atoms with E-state index in [4.69, 9.17) is 4.52 Å². The Hall–Kier alpha value is -3.63. The lowest BCUT2D eigenvalue weighted by Crippen LogP contribution is -2.60. The van der Waals surface area contributed by atoms with Crippen LogP contribution in [-0.4, -0.2) is 49.4 Å². The van der Waals surface area contributed by atoms with Crippen LogP contribution in [0.5, 0.6) is 0 Å². The molecule has 11 heteroatoms. The second-order valence-electron chi connectivity index (χ2n) is 7.50. The third-order valence-corrected chi connectivity index (χ3v) is 5.85. The zero-order valence-corrected chi connectivity index (χ0v) is 16.3. The molecule has 31 heavy (non-hydrogen) atoms. The van der Waals surface area contributed by atoms with Crippen LogP contribution in [0.15, 0.2) is 47.4 Å². The van der Waals surface area contributed by atoms with Crippen LogP contribution < -0.4 is 0 Å². The molecular weight excluding hydrogens is 415 g/mol. The molecule has 2 aliphatic rings. The highest BCUT2D eigenvalue weighted by molar-refractivity contribution is 5.98. The van der Waals surface area contributed by atoms with Crippen LogP contribution in [0.1, 0.15) is 37.8 Å². The first-order chi connectivity index (χ1) is 14.7. The Kier molecular flexibility index (Phi) is 4.01. The molecule has 2 aliphatic heterocycles. The Morgan fingerprint density at radius 3 is 2.68 bits per heavy atom. The van der Waals surface area contributed by atoms with E-state index in [0.717, 1.165) is 12.3 Å². The van der Waals surface area contributed by atoms with Gasteiger partial charge in [0.05, 0.1) is 23.5 Å². The molecule has 160 valence electrons. The Morgan fingerprint density at radius 2 is 2.03 bits per heavy atom. The van der Waals surface area contributed by atoms with Gasteiger partial charge >= 0.3 is 6.18 Å². The predicted octanol–water partition coefficient (Wildman–Crippen LogP) is 2.66. The van der Waals surface area contributed by atoms with Crippen LogP contribution in [-0.2, 0) is 18.4 Å². The lowest BCUT2D eigenvalue weighted by atomic mass is 9.97. The van der Waals surface area contributed by atoms with Gasteiger partial charge in [0.2, 0.25) is 0 Å². The van der Waals surface area contributed by atoms with Crippen LogP contribution in [0.4, 0.5) is 13.2 Å². The fourth-order valence-electron chi connectivity index (χ4n) is 4.35. The molecule has 1 atom stereocenters. The lowest BCUT2D eigenvalue weighted by Gasteiger charge is -2.46. The maximum absolute atomic E-state index is 13.4. The number of amides is 2. The van der Waals surface area contributed by atoms with Crippen LogP contribution in [0.25, 0.3) is 0 Å². The van der Waals surface area contributed by atoms with E-state index in [2.05, 4.69) is 10.1 Å². The molecule has 0 radical (unpaired) electrons. The molecule has 3 aromatic rings. The number of hydrogen-bond donors (Lipinski definition) is 0. The third-order valence-electron chi connectivity index (χ3n) is 5.85. The van der Waals surface area contributed by atoms with E-state index < -0.39 is 23.3 Å². The lowest BCUT2D eigenvalue weighted by molar-refractivity contribution is -0.137. The minimum atomic E-state index is -4.55. The maximum atomic E-state index is 13.4. The third kappa shape index (κ3) is 2.69. The first-order valence-electron chi connectivity index (χ1n) is 9.47. The van der Waals surface area contributed by atoms with Gasteiger partial charge in [0.1, 0.15) is 17.5 Å². The summed E-state index contributed by atoms with van der Waals surface area (Å²) in [4.78, 5) is 33.7. The molecular formula is C20H16F3N5O3. The van der Waals surface area contributed by atoms with E-state index in [-0.39, 0.29) is 36.8 Å². The van der Waals surface area contributed by atoms with Crippen LogP contribution in [0.2, 0.25) is 0 Å². The van der Waals surface area contributed by atoms with Crippen molar-refractivity contribution in [1.82, 2.24) is 24.5 Å². The van der Waals surface area contributed by atoms with Crippen molar-refractivity contribution in [2.24, 2.45) is 0 Å². The average Bonchev–Trinajstić information content (AvgIpc) is 3.46. The Labute approximate surface area is 173 Å². The van der Waals surface area contributed by atoms with Gasteiger partial charge in [-0.25, -0.2) is 0 Å². The summed E-state index contributed by atoms with van der Waals surface area (Å²) in [7, 11) is 0. The van der Waals surface area contributed by atoms with Crippen molar-refractivity contribution in [2.75, 3.05) is 13.1 Å². The van der Waals surface area contributed by atoms with Crippen molar-refractivity contribution >= 4 is 11.8 Å². The first-order valence-corrected chi connectivity index (χ1v) is 9.47. The summed E-state index contributed by atoms with van der Waals surface area (Å²) in [6.45, 7) is 2.14. The zero-order valence-electron chi connectivity index (χ0n) is 16.3. The number of rotatable bonds is 2. The van der Waals surface area contributed by atoms with E-state index >= 15 is 0 Å². The smallest absolute Gasteiger partial charge is 0.364 e. The second kappa shape index (κ2) is 6.43. The highest BCUT2D eigenvalue weighted by Gasteiger charge is 2.57. The van der Waals surface area contributed by atoms with Gasteiger partial charge in [0.25, 0.3) is 11.8 Å². The molecule has 2 amide bonds.